The second-order valence-electron chi connectivity index (χ2n) is 4.04. The van der Waals surface area contributed by atoms with Crippen molar-refractivity contribution in [3.8, 4) is 5.75 Å². The molecule has 1 atom stereocenters. The molecule has 5 nitrogen and oxygen atoms in total. The van der Waals surface area contributed by atoms with E-state index in [2.05, 4.69) is 23.8 Å². The summed E-state index contributed by atoms with van der Waals surface area (Å²) in [6, 6.07) is 0. The molecule has 0 spiro atoms. The Hall–Kier alpha value is -1.49. The average Bonchev–Trinajstić information content (AvgIpc) is 2.29. The third-order valence-electron chi connectivity index (χ3n) is 2.29. The van der Waals surface area contributed by atoms with Crippen LogP contribution in [0.1, 0.15) is 27.2 Å². The lowest BCUT2D eigenvalue weighted by molar-refractivity contribution is 0.0337. The zero-order valence-electron chi connectivity index (χ0n) is 10.5. The fraction of sp³-hybridized carbons (Fsp3) is 0.583. The number of rotatable bonds is 6. The molecular formula is C12H19N3O2. The van der Waals surface area contributed by atoms with Crippen LogP contribution in [0.3, 0.4) is 0 Å². The molecule has 94 valence electrons. The third kappa shape index (κ3) is 4.91. The van der Waals surface area contributed by atoms with Gasteiger partial charge in [0.1, 0.15) is 6.33 Å². The van der Waals surface area contributed by atoms with Crippen LogP contribution in [-0.4, -0.2) is 28.6 Å². The Morgan fingerprint density at radius 2 is 2.00 bits per heavy atom. The lowest BCUT2D eigenvalue weighted by Crippen LogP contribution is -2.25. The minimum atomic E-state index is 0.0112. The van der Waals surface area contributed by atoms with Gasteiger partial charge in [0.2, 0.25) is 0 Å². The number of hydrogen-bond acceptors (Lipinski definition) is 5. The molecule has 0 aliphatic heterocycles. The Bertz CT molecular complexity index is 341. The van der Waals surface area contributed by atoms with Gasteiger partial charge >= 0.3 is 0 Å². The van der Waals surface area contributed by atoms with Crippen LogP contribution in [0.15, 0.2) is 18.7 Å². The molecule has 0 aromatic carbocycles. The summed E-state index contributed by atoms with van der Waals surface area (Å²) < 4.78 is 10.9. The van der Waals surface area contributed by atoms with Crippen LogP contribution in [0.5, 0.6) is 5.75 Å². The Labute approximate surface area is 102 Å². The van der Waals surface area contributed by atoms with E-state index in [1.54, 1.807) is 0 Å². The first kappa shape index (κ1) is 13.6. The number of aromatic nitrogens is 2. The predicted molar refractivity (Wildman–Crippen MR) is 65.3 cm³/mol. The van der Waals surface area contributed by atoms with E-state index in [0.29, 0.717) is 24.7 Å². The lowest BCUT2D eigenvalue weighted by Gasteiger charge is -2.20. The first-order chi connectivity index (χ1) is 8.13. The van der Waals surface area contributed by atoms with Gasteiger partial charge in [0.25, 0.3) is 0 Å². The predicted octanol–water partition coefficient (Wildman–Crippen LogP) is 2.28. The summed E-state index contributed by atoms with van der Waals surface area (Å²) in [5.41, 5.74) is 0. The van der Waals surface area contributed by atoms with E-state index in [4.69, 9.17) is 14.9 Å². The second-order valence-corrected chi connectivity index (χ2v) is 4.04. The number of nitrogens with one attached hydrogen (secondary N) is 1. The molecule has 0 radical (unpaired) electrons. The molecule has 1 heterocycles. The van der Waals surface area contributed by atoms with Gasteiger partial charge in [0, 0.05) is 6.61 Å². The molecule has 1 aromatic heterocycles. The zero-order chi connectivity index (χ0) is 12.7. The van der Waals surface area contributed by atoms with E-state index in [9.17, 15) is 0 Å². The summed E-state index contributed by atoms with van der Waals surface area (Å²) in [7, 11) is 0. The topological polar surface area (TPSA) is 68.1 Å². The maximum atomic E-state index is 7.77. The summed E-state index contributed by atoms with van der Waals surface area (Å²) >= 11 is 0. The largest absolute Gasteiger partial charge is 0.440 e. The molecule has 0 bridgehead atoms. The third-order valence-corrected chi connectivity index (χ3v) is 2.29. The van der Waals surface area contributed by atoms with E-state index >= 15 is 0 Å². The molecule has 1 rings (SSSR count). The van der Waals surface area contributed by atoms with E-state index in [0.717, 1.165) is 0 Å². The first-order valence-corrected chi connectivity index (χ1v) is 5.75. The summed E-state index contributed by atoms with van der Waals surface area (Å²) in [4.78, 5) is 7.65. The fourth-order valence-corrected chi connectivity index (χ4v) is 1.41. The maximum Gasteiger partial charge on any atom is 0.190 e. The highest BCUT2D eigenvalue weighted by Crippen LogP contribution is 2.13. The number of nitrogens with zero attached hydrogens (tertiary/aromatic N) is 2. The van der Waals surface area contributed by atoms with Gasteiger partial charge in [-0.25, -0.2) is 9.97 Å². The van der Waals surface area contributed by atoms with Gasteiger partial charge in [0.05, 0.1) is 24.9 Å². The highest BCUT2D eigenvalue weighted by Gasteiger charge is 2.16. The Morgan fingerprint density at radius 1 is 1.35 bits per heavy atom. The highest BCUT2D eigenvalue weighted by atomic mass is 16.5. The minimum absolute atomic E-state index is 0.0112. The summed E-state index contributed by atoms with van der Waals surface area (Å²) in [6.45, 7) is 6.73. The molecule has 0 saturated heterocycles. The molecular weight excluding hydrogens is 218 g/mol. The van der Waals surface area contributed by atoms with Crippen molar-refractivity contribution < 1.29 is 9.47 Å². The van der Waals surface area contributed by atoms with Crippen LogP contribution in [0.4, 0.5) is 0 Å². The van der Waals surface area contributed by atoms with Crippen LogP contribution in [0, 0.1) is 11.3 Å². The minimum Gasteiger partial charge on any atom is -0.440 e. The van der Waals surface area contributed by atoms with Crippen molar-refractivity contribution in [3.63, 3.8) is 0 Å². The van der Waals surface area contributed by atoms with Crippen molar-refractivity contribution >= 4 is 5.90 Å². The van der Waals surface area contributed by atoms with Crippen molar-refractivity contribution in [1.82, 2.24) is 9.97 Å². The molecule has 0 amide bonds. The standard InChI is InChI=1S/C12H19N3O2/c1-4-16-11(9(2)3)5-12(13)17-10-6-14-8-15-7-10/h6-9,11,13H,4-5H2,1-3H3. The molecule has 5 heteroatoms. The summed E-state index contributed by atoms with van der Waals surface area (Å²) in [5.74, 6) is 1.01. The molecule has 1 N–H and O–H groups in total. The van der Waals surface area contributed by atoms with E-state index in [-0.39, 0.29) is 12.0 Å². The summed E-state index contributed by atoms with van der Waals surface area (Å²) in [6.07, 6.45) is 4.96. The van der Waals surface area contributed by atoms with Crippen molar-refractivity contribution in [2.24, 2.45) is 5.92 Å². The summed E-state index contributed by atoms with van der Waals surface area (Å²) in [5, 5.41) is 7.77. The van der Waals surface area contributed by atoms with Gasteiger partial charge < -0.3 is 9.47 Å². The van der Waals surface area contributed by atoms with Gasteiger partial charge in [-0.15, -0.1) is 0 Å². The molecule has 0 aliphatic rings. The van der Waals surface area contributed by atoms with Crippen LogP contribution < -0.4 is 4.74 Å². The van der Waals surface area contributed by atoms with Crippen molar-refractivity contribution in [2.75, 3.05) is 6.61 Å². The van der Waals surface area contributed by atoms with Gasteiger partial charge in [-0.05, 0) is 12.8 Å². The average molecular weight is 237 g/mol. The molecule has 0 fully saturated rings. The first-order valence-electron chi connectivity index (χ1n) is 5.75. The van der Waals surface area contributed by atoms with Crippen molar-refractivity contribution in [2.45, 2.75) is 33.3 Å². The zero-order valence-corrected chi connectivity index (χ0v) is 10.5. The molecule has 0 saturated carbocycles. The highest BCUT2D eigenvalue weighted by molar-refractivity contribution is 5.75. The second kappa shape index (κ2) is 6.96. The Balaban J connectivity index is 2.48. The molecule has 0 aliphatic carbocycles. The van der Waals surface area contributed by atoms with Gasteiger partial charge in [-0.2, -0.15) is 0 Å². The number of ether oxygens (including phenoxy) is 2. The molecule has 17 heavy (non-hydrogen) atoms. The van der Waals surface area contributed by atoms with Gasteiger partial charge in [0.15, 0.2) is 11.6 Å². The van der Waals surface area contributed by atoms with Gasteiger partial charge in [-0.1, -0.05) is 13.8 Å². The Kier molecular flexibility index (Phi) is 5.56. The SMILES string of the molecule is CCOC(CC(=N)Oc1cncnc1)C(C)C. The van der Waals surface area contributed by atoms with Crippen molar-refractivity contribution in [3.05, 3.63) is 18.7 Å². The van der Waals surface area contributed by atoms with Crippen molar-refractivity contribution in [1.29, 1.82) is 5.41 Å². The lowest BCUT2D eigenvalue weighted by atomic mass is 10.0. The normalized spacial score (nSPS) is 12.5. The Morgan fingerprint density at radius 3 is 2.53 bits per heavy atom. The maximum absolute atomic E-state index is 7.77. The molecule has 1 aromatic rings. The van der Waals surface area contributed by atoms with Crippen LogP contribution in [0.2, 0.25) is 0 Å². The fourth-order valence-electron chi connectivity index (χ4n) is 1.41. The monoisotopic (exact) mass is 237 g/mol. The molecule has 1 unspecified atom stereocenters. The van der Waals surface area contributed by atoms with E-state index in [1.165, 1.54) is 18.7 Å². The number of hydrogen-bond donors (Lipinski definition) is 1. The van der Waals surface area contributed by atoms with Crippen LogP contribution in [0.25, 0.3) is 0 Å². The smallest absolute Gasteiger partial charge is 0.190 e. The van der Waals surface area contributed by atoms with Gasteiger partial charge in [-0.3, -0.25) is 5.41 Å². The van der Waals surface area contributed by atoms with Crippen LogP contribution in [-0.2, 0) is 4.74 Å². The van der Waals surface area contributed by atoms with E-state index < -0.39 is 0 Å². The van der Waals surface area contributed by atoms with E-state index in [1.807, 2.05) is 6.92 Å². The quantitative estimate of drug-likeness (QED) is 0.608. The van der Waals surface area contributed by atoms with Crippen LogP contribution >= 0.6 is 0 Å².